The maximum atomic E-state index is 5.66. The first-order valence-corrected chi connectivity index (χ1v) is 9.06. The zero-order chi connectivity index (χ0) is 14.9. The van der Waals surface area contributed by atoms with Crippen LogP contribution in [0.15, 0.2) is 33.7 Å². The molecule has 0 aromatic heterocycles. The Morgan fingerprint density at radius 1 is 1.38 bits per heavy atom. The fraction of sp³-hybridized carbons (Fsp3) is 0.533. The van der Waals surface area contributed by atoms with Crippen LogP contribution in [0, 0.1) is 0 Å². The molecule has 0 radical (unpaired) electrons. The summed E-state index contributed by atoms with van der Waals surface area (Å²) < 4.78 is 6.72. The number of aliphatic imine (C=N–C) groups is 1. The second-order valence-electron chi connectivity index (χ2n) is 4.82. The SMILES string of the molecule is CN=C(NCCOc1ccc(Br)cc1)NCC1CCCS1. The lowest BCUT2D eigenvalue weighted by molar-refractivity contribution is 0.322. The number of hydrogen-bond acceptors (Lipinski definition) is 3. The predicted octanol–water partition coefficient (Wildman–Crippen LogP) is 2.89. The number of ether oxygens (including phenoxy) is 1. The van der Waals surface area contributed by atoms with E-state index in [1.165, 1.54) is 18.6 Å². The van der Waals surface area contributed by atoms with E-state index < -0.39 is 0 Å². The molecule has 2 rings (SSSR count). The molecule has 1 atom stereocenters. The molecular weight excluding hydrogens is 350 g/mol. The quantitative estimate of drug-likeness (QED) is 0.458. The van der Waals surface area contributed by atoms with E-state index in [0.29, 0.717) is 6.61 Å². The van der Waals surface area contributed by atoms with Crippen LogP contribution in [0.1, 0.15) is 12.8 Å². The molecule has 1 aromatic rings. The van der Waals surface area contributed by atoms with E-state index >= 15 is 0 Å². The molecule has 2 N–H and O–H groups in total. The molecule has 21 heavy (non-hydrogen) atoms. The van der Waals surface area contributed by atoms with Crippen molar-refractivity contribution in [3.63, 3.8) is 0 Å². The van der Waals surface area contributed by atoms with E-state index in [1.807, 2.05) is 36.0 Å². The standard InChI is InChI=1S/C15H22BrN3OS/c1-17-15(19-11-14-3-2-10-21-14)18-8-9-20-13-6-4-12(16)5-7-13/h4-7,14H,2-3,8-11H2,1H3,(H2,17,18,19). The van der Waals surface area contributed by atoms with Crippen molar-refractivity contribution in [2.45, 2.75) is 18.1 Å². The second-order valence-corrected chi connectivity index (χ2v) is 7.14. The predicted molar refractivity (Wildman–Crippen MR) is 94.5 cm³/mol. The van der Waals surface area contributed by atoms with Crippen molar-refractivity contribution in [3.05, 3.63) is 28.7 Å². The summed E-state index contributed by atoms with van der Waals surface area (Å²) >= 11 is 5.45. The van der Waals surface area contributed by atoms with Crippen LogP contribution in [-0.4, -0.2) is 43.7 Å². The Bertz CT molecular complexity index is 447. The molecule has 0 bridgehead atoms. The molecule has 1 aliphatic rings. The first kappa shape index (κ1) is 16.5. The molecular formula is C15H22BrN3OS. The number of halogens is 1. The van der Waals surface area contributed by atoms with E-state index in [4.69, 9.17) is 4.74 Å². The van der Waals surface area contributed by atoms with Gasteiger partial charge < -0.3 is 15.4 Å². The van der Waals surface area contributed by atoms with Crippen molar-refractivity contribution >= 4 is 33.7 Å². The number of guanidine groups is 1. The normalized spacial score (nSPS) is 18.6. The van der Waals surface area contributed by atoms with Gasteiger partial charge in [-0.25, -0.2) is 0 Å². The minimum atomic E-state index is 0.612. The highest BCUT2D eigenvalue weighted by Gasteiger charge is 2.15. The van der Waals surface area contributed by atoms with Crippen molar-refractivity contribution in [1.29, 1.82) is 0 Å². The average molecular weight is 372 g/mol. The van der Waals surface area contributed by atoms with E-state index in [-0.39, 0.29) is 0 Å². The van der Waals surface area contributed by atoms with Crippen LogP contribution in [0.2, 0.25) is 0 Å². The molecule has 0 amide bonds. The van der Waals surface area contributed by atoms with Gasteiger partial charge in [-0.2, -0.15) is 11.8 Å². The maximum absolute atomic E-state index is 5.66. The summed E-state index contributed by atoms with van der Waals surface area (Å²) in [7, 11) is 1.80. The lowest BCUT2D eigenvalue weighted by Crippen LogP contribution is -2.41. The molecule has 1 heterocycles. The third kappa shape index (κ3) is 6.18. The Kier molecular flexibility index (Phi) is 7.23. The minimum Gasteiger partial charge on any atom is -0.492 e. The fourth-order valence-electron chi connectivity index (χ4n) is 2.11. The van der Waals surface area contributed by atoms with Gasteiger partial charge in [0.25, 0.3) is 0 Å². The summed E-state index contributed by atoms with van der Waals surface area (Å²) in [5.41, 5.74) is 0. The van der Waals surface area contributed by atoms with Gasteiger partial charge in [-0.15, -0.1) is 0 Å². The Morgan fingerprint density at radius 3 is 2.86 bits per heavy atom. The zero-order valence-corrected chi connectivity index (χ0v) is 14.7. The Balaban J connectivity index is 1.60. The monoisotopic (exact) mass is 371 g/mol. The van der Waals surface area contributed by atoms with Crippen LogP contribution in [0.5, 0.6) is 5.75 Å². The van der Waals surface area contributed by atoms with Gasteiger partial charge in [-0.3, -0.25) is 4.99 Å². The van der Waals surface area contributed by atoms with Gasteiger partial charge in [-0.05, 0) is 42.9 Å². The molecule has 1 aliphatic heterocycles. The van der Waals surface area contributed by atoms with E-state index in [2.05, 4.69) is 31.6 Å². The first-order chi connectivity index (χ1) is 10.3. The molecule has 1 aromatic carbocycles. The summed E-state index contributed by atoms with van der Waals surface area (Å²) in [5.74, 6) is 3.02. The number of benzene rings is 1. The van der Waals surface area contributed by atoms with Crippen molar-refractivity contribution in [1.82, 2.24) is 10.6 Å². The highest BCUT2D eigenvalue weighted by Crippen LogP contribution is 2.25. The Morgan fingerprint density at radius 2 is 2.19 bits per heavy atom. The lowest BCUT2D eigenvalue weighted by Gasteiger charge is -2.15. The van der Waals surface area contributed by atoms with Gasteiger partial charge >= 0.3 is 0 Å². The third-order valence-corrected chi connectivity index (χ3v) is 5.15. The average Bonchev–Trinajstić information content (AvgIpc) is 3.02. The number of thioether (sulfide) groups is 1. The molecule has 4 nitrogen and oxygen atoms in total. The smallest absolute Gasteiger partial charge is 0.191 e. The van der Waals surface area contributed by atoms with Crippen molar-refractivity contribution in [2.75, 3.05) is 32.5 Å². The summed E-state index contributed by atoms with van der Waals surface area (Å²) in [4.78, 5) is 4.23. The highest BCUT2D eigenvalue weighted by atomic mass is 79.9. The summed E-state index contributed by atoms with van der Waals surface area (Å²) in [5, 5.41) is 7.37. The van der Waals surface area contributed by atoms with E-state index in [0.717, 1.165) is 34.5 Å². The molecule has 1 fully saturated rings. The molecule has 0 aliphatic carbocycles. The van der Waals surface area contributed by atoms with Crippen LogP contribution in [-0.2, 0) is 0 Å². The number of nitrogens with one attached hydrogen (secondary N) is 2. The van der Waals surface area contributed by atoms with E-state index in [9.17, 15) is 0 Å². The Labute approximate surface area is 139 Å². The van der Waals surface area contributed by atoms with Gasteiger partial charge in [0.1, 0.15) is 12.4 Å². The third-order valence-electron chi connectivity index (χ3n) is 3.22. The van der Waals surface area contributed by atoms with Crippen LogP contribution < -0.4 is 15.4 Å². The van der Waals surface area contributed by atoms with Gasteiger partial charge in [0.05, 0.1) is 6.54 Å². The summed E-state index contributed by atoms with van der Waals surface area (Å²) in [6, 6.07) is 7.86. The zero-order valence-electron chi connectivity index (χ0n) is 12.3. The number of hydrogen-bond donors (Lipinski definition) is 2. The fourth-order valence-corrected chi connectivity index (χ4v) is 3.57. The summed E-state index contributed by atoms with van der Waals surface area (Å²) in [6.07, 6.45) is 2.64. The molecule has 0 spiro atoms. The van der Waals surface area contributed by atoms with Crippen molar-refractivity contribution < 1.29 is 4.74 Å². The second kappa shape index (κ2) is 9.20. The maximum Gasteiger partial charge on any atom is 0.191 e. The summed E-state index contributed by atoms with van der Waals surface area (Å²) in [6.45, 7) is 2.33. The molecule has 1 unspecified atom stereocenters. The van der Waals surface area contributed by atoms with Gasteiger partial charge in [0.2, 0.25) is 0 Å². The highest BCUT2D eigenvalue weighted by molar-refractivity contribution is 9.10. The van der Waals surface area contributed by atoms with Crippen LogP contribution in [0.4, 0.5) is 0 Å². The van der Waals surface area contributed by atoms with Gasteiger partial charge in [-0.1, -0.05) is 15.9 Å². The van der Waals surface area contributed by atoms with Gasteiger partial charge in [0.15, 0.2) is 5.96 Å². The Hall–Kier alpha value is -0.880. The first-order valence-electron chi connectivity index (χ1n) is 7.22. The van der Waals surface area contributed by atoms with Crippen molar-refractivity contribution in [3.8, 4) is 5.75 Å². The number of nitrogens with zero attached hydrogens (tertiary/aromatic N) is 1. The molecule has 116 valence electrons. The van der Waals surface area contributed by atoms with Crippen molar-refractivity contribution in [2.24, 2.45) is 4.99 Å². The number of rotatable bonds is 6. The lowest BCUT2D eigenvalue weighted by atomic mass is 10.2. The molecule has 0 saturated carbocycles. The van der Waals surface area contributed by atoms with Crippen LogP contribution in [0.3, 0.4) is 0 Å². The minimum absolute atomic E-state index is 0.612. The topological polar surface area (TPSA) is 45.7 Å². The molecule has 1 saturated heterocycles. The van der Waals surface area contributed by atoms with Crippen LogP contribution >= 0.6 is 27.7 Å². The molecule has 6 heteroatoms. The van der Waals surface area contributed by atoms with Gasteiger partial charge in [0, 0.05) is 23.3 Å². The largest absolute Gasteiger partial charge is 0.492 e. The van der Waals surface area contributed by atoms with E-state index in [1.54, 1.807) is 7.05 Å². The van der Waals surface area contributed by atoms with Crippen LogP contribution in [0.25, 0.3) is 0 Å².